The number of hydrogen-bond acceptors (Lipinski definition) is 5. The number of aliphatic hydroxyl groups excluding tert-OH is 1. The summed E-state index contributed by atoms with van der Waals surface area (Å²) in [6.07, 6.45) is 4.36. The summed E-state index contributed by atoms with van der Waals surface area (Å²) in [7, 11) is 0. The van der Waals surface area contributed by atoms with Gasteiger partial charge in [-0.25, -0.2) is 14.8 Å². The molecule has 0 spiro atoms. The molecule has 6 nitrogen and oxygen atoms in total. The summed E-state index contributed by atoms with van der Waals surface area (Å²) in [5.74, 6) is -1.03. The van der Waals surface area contributed by atoms with E-state index in [0.29, 0.717) is 18.8 Å². The SMILES string of the molecule is CCC(CC)(CO)CNCc1ncncc1C(=O)O. The lowest BCUT2D eigenvalue weighted by Gasteiger charge is -2.29. The molecule has 0 aromatic carbocycles. The number of nitrogens with one attached hydrogen (secondary N) is 1. The van der Waals surface area contributed by atoms with Gasteiger partial charge in [0, 0.05) is 31.3 Å². The maximum atomic E-state index is 11.0. The monoisotopic (exact) mass is 267 g/mol. The Kier molecular flexibility index (Phi) is 5.85. The first-order valence-electron chi connectivity index (χ1n) is 6.42. The van der Waals surface area contributed by atoms with Crippen molar-refractivity contribution in [3.8, 4) is 0 Å². The molecule has 0 aliphatic carbocycles. The number of aromatic carboxylic acids is 1. The van der Waals surface area contributed by atoms with Crippen LogP contribution >= 0.6 is 0 Å². The van der Waals surface area contributed by atoms with Crippen LogP contribution in [0.15, 0.2) is 12.5 Å². The highest BCUT2D eigenvalue weighted by Gasteiger charge is 2.24. The Morgan fingerprint density at radius 2 is 2.11 bits per heavy atom. The zero-order valence-corrected chi connectivity index (χ0v) is 11.4. The molecule has 0 bridgehead atoms. The van der Waals surface area contributed by atoms with Crippen molar-refractivity contribution in [2.45, 2.75) is 33.2 Å². The van der Waals surface area contributed by atoms with Crippen molar-refractivity contribution >= 4 is 5.97 Å². The Hall–Kier alpha value is -1.53. The second-order valence-corrected chi connectivity index (χ2v) is 4.66. The molecule has 0 radical (unpaired) electrons. The van der Waals surface area contributed by atoms with Crippen LogP contribution in [0.3, 0.4) is 0 Å². The molecule has 6 heteroatoms. The first-order chi connectivity index (χ1) is 9.08. The van der Waals surface area contributed by atoms with Gasteiger partial charge in [-0.3, -0.25) is 0 Å². The Labute approximate surface area is 112 Å². The minimum atomic E-state index is -1.03. The van der Waals surface area contributed by atoms with Crippen molar-refractivity contribution in [3.63, 3.8) is 0 Å². The first kappa shape index (κ1) is 15.5. The van der Waals surface area contributed by atoms with Gasteiger partial charge in [-0.15, -0.1) is 0 Å². The third kappa shape index (κ3) is 3.97. The van der Waals surface area contributed by atoms with Crippen molar-refractivity contribution in [3.05, 3.63) is 23.8 Å². The molecule has 0 amide bonds. The standard InChI is InChI=1S/C13H21N3O3/c1-3-13(4-2,8-17)7-14-6-11-10(12(18)19)5-15-9-16-11/h5,9,14,17H,3-4,6-8H2,1-2H3,(H,18,19). The summed E-state index contributed by atoms with van der Waals surface area (Å²) < 4.78 is 0. The van der Waals surface area contributed by atoms with Crippen molar-refractivity contribution < 1.29 is 15.0 Å². The Balaban J connectivity index is 2.65. The van der Waals surface area contributed by atoms with E-state index in [0.717, 1.165) is 12.8 Å². The number of carboxylic acid groups (broad SMARTS) is 1. The summed E-state index contributed by atoms with van der Waals surface area (Å²) in [5, 5.41) is 21.6. The van der Waals surface area contributed by atoms with E-state index in [2.05, 4.69) is 15.3 Å². The number of carboxylic acids is 1. The normalized spacial score (nSPS) is 11.5. The lowest BCUT2D eigenvalue weighted by molar-refractivity contribution is 0.0694. The topological polar surface area (TPSA) is 95.3 Å². The molecule has 0 atom stereocenters. The number of hydrogen-bond donors (Lipinski definition) is 3. The molecule has 0 fully saturated rings. The minimum absolute atomic E-state index is 0.109. The molecule has 106 valence electrons. The van der Waals surface area contributed by atoms with E-state index in [4.69, 9.17) is 5.11 Å². The smallest absolute Gasteiger partial charge is 0.339 e. The van der Waals surface area contributed by atoms with Gasteiger partial charge < -0.3 is 15.5 Å². The highest BCUT2D eigenvalue weighted by atomic mass is 16.4. The van der Waals surface area contributed by atoms with Crippen LogP contribution in [0.25, 0.3) is 0 Å². The van der Waals surface area contributed by atoms with E-state index < -0.39 is 5.97 Å². The van der Waals surface area contributed by atoms with Gasteiger partial charge in [0.15, 0.2) is 0 Å². The summed E-state index contributed by atoms with van der Waals surface area (Å²) in [5.41, 5.74) is 0.412. The van der Waals surface area contributed by atoms with Crippen LogP contribution in [-0.4, -0.2) is 39.3 Å². The maximum Gasteiger partial charge on any atom is 0.339 e. The van der Waals surface area contributed by atoms with Crippen LogP contribution < -0.4 is 5.32 Å². The fourth-order valence-corrected chi connectivity index (χ4v) is 1.90. The van der Waals surface area contributed by atoms with E-state index in [1.807, 2.05) is 13.8 Å². The predicted octanol–water partition coefficient (Wildman–Crippen LogP) is 1.06. The average Bonchev–Trinajstić information content (AvgIpc) is 2.44. The molecule has 1 aromatic heterocycles. The van der Waals surface area contributed by atoms with Gasteiger partial charge >= 0.3 is 5.97 Å². The maximum absolute atomic E-state index is 11.0. The zero-order chi connectivity index (χ0) is 14.3. The van der Waals surface area contributed by atoms with Gasteiger partial charge in [0.05, 0.1) is 5.69 Å². The number of carbonyl (C=O) groups is 1. The van der Waals surface area contributed by atoms with Crippen molar-refractivity contribution in [2.24, 2.45) is 5.41 Å². The molecule has 0 aliphatic heterocycles. The van der Waals surface area contributed by atoms with Gasteiger partial charge in [-0.05, 0) is 12.8 Å². The van der Waals surface area contributed by atoms with Gasteiger partial charge in [0.1, 0.15) is 11.9 Å². The van der Waals surface area contributed by atoms with Crippen molar-refractivity contribution in [1.29, 1.82) is 0 Å². The molecule has 1 heterocycles. The van der Waals surface area contributed by atoms with E-state index in [1.54, 1.807) is 0 Å². The van der Waals surface area contributed by atoms with E-state index in [1.165, 1.54) is 12.5 Å². The molecule has 1 aromatic rings. The molecule has 0 saturated carbocycles. The minimum Gasteiger partial charge on any atom is -0.478 e. The third-order valence-corrected chi connectivity index (χ3v) is 3.65. The molecule has 19 heavy (non-hydrogen) atoms. The first-order valence-corrected chi connectivity index (χ1v) is 6.42. The van der Waals surface area contributed by atoms with Gasteiger partial charge in [-0.2, -0.15) is 0 Å². The summed E-state index contributed by atoms with van der Waals surface area (Å²) in [6, 6.07) is 0. The molecule has 0 saturated heterocycles. The zero-order valence-electron chi connectivity index (χ0n) is 11.4. The summed E-state index contributed by atoms with van der Waals surface area (Å²) in [6.45, 7) is 5.16. The van der Waals surface area contributed by atoms with Crippen LogP contribution in [0.4, 0.5) is 0 Å². The lowest BCUT2D eigenvalue weighted by atomic mass is 9.83. The molecular formula is C13H21N3O3. The highest BCUT2D eigenvalue weighted by Crippen LogP contribution is 2.24. The van der Waals surface area contributed by atoms with Crippen LogP contribution in [0.5, 0.6) is 0 Å². The Morgan fingerprint density at radius 1 is 1.42 bits per heavy atom. The summed E-state index contributed by atoms with van der Waals surface area (Å²) in [4.78, 5) is 18.7. The van der Waals surface area contributed by atoms with Gasteiger partial charge in [0.25, 0.3) is 0 Å². The largest absolute Gasteiger partial charge is 0.478 e. The fourth-order valence-electron chi connectivity index (χ4n) is 1.90. The van der Waals surface area contributed by atoms with Crippen molar-refractivity contribution in [2.75, 3.05) is 13.2 Å². The Morgan fingerprint density at radius 3 is 2.63 bits per heavy atom. The molecule has 0 aliphatic rings. The highest BCUT2D eigenvalue weighted by molar-refractivity contribution is 5.88. The molecule has 0 unspecified atom stereocenters. The average molecular weight is 267 g/mol. The van der Waals surface area contributed by atoms with Crippen LogP contribution in [0.2, 0.25) is 0 Å². The van der Waals surface area contributed by atoms with Crippen molar-refractivity contribution in [1.82, 2.24) is 15.3 Å². The molecular weight excluding hydrogens is 246 g/mol. The number of rotatable bonds is 8. The van der Waals surface area contributed by atoms with Crippen LogP contribution in [0, 0.1) is 5.41 Å². The van der Waals surface area contributed by atoms with E-state index >= 15 is 0 Å². The number of aromatic nitrogens is 2. The number of aliphatic hydroxyl groups is 1. The molecule has 1 rings (SSSR count). The van der Waals surface area contributed by atoms with E-state index in [-0.39, 0.29) is 17.6 Å². The summed E-state index contributed by atoms with van der Waals surface area (Å²) >= 11 is 0. The fraction of sp³-hybridized carbons (Fsp3) is 0.615. The lowest BCUT2D eigenvalue weighted by Crippen LogP contribution is -2.36. The van der Waals surface area contributed by atoms with Crippen LogP contribution in [-0.2, 0) is 6.54 Å². The quantitative estimate of drug-likeness (QED) is 0.652. The van der Waals surface area contributed by atoms with Gasteiger partial charge in [0.2, 0.25) is 0 Å². The molecule has 3 N–H and O–H groups in total. The third-order valence-electron chi connectivity index (χ3n) is 3.65. The Bertz CT molecular complexity index is 411. The van der Waals surface area contributed by atoms with E-state index in [9.17, 15) is 9.90 Å². The number of nitrogens with zero attached hydrogens (tertiary/aromatic N) is 2. The predicted molar refractivity (Wildman–Crippen MR) is 70.8 cm³/mol. The van der Waals surface area contributed by atoms with Crippen LogP contribution in [0.1, 0.15) is 42.7 Å². The van der Waals surface area contributed by atoms with Gasteiger partial charge in [-0.1, -0.05) is 13.8 Å². The second-order valence-electron chi connectivity index (χ2n) is 4.66. The second kappa shape index (κ2) is 7.16.